The third-order valence-corrected chi connectivity index (χ3v) is 3.30. The van der Waals surface area contributed by atoms with Crippen LogP contribution in [-0.2, 0) is 0 Å². The van der Waals surface area contributed by atoms with Gasteiger partial charge in [-0.15, -0.1) is 0 Å². The molecular formula is C14H14BrN3O3. The van der Waals surface area contributed by atoms with E-state index in [9.17, 15) is 9.59 Å². The second-order valence-electron chi connectivity index (χ2n) is 4.23. The lowest BCUT2D eigenvalue weighted by molar-refractivity contribution is 0.0947. The predicted molar refractivity (Wildman–Crippen MR) is 81.2 cm³/mol. The fourth-order valence-electron chi connectivity index (χ4n) is 1.57. The van der Waals surface area contributed by atoms with Crippen molar-refractivity contribution in [1.29, 1.82) is 0 Å². The van der Waals surface area contributed by atoms with Crippen LogP contribution in [0.2, 0.25) is 0 Å². The topological polar surface area (TPSA) is 84.2 Å². The minimum absolute atomic E-state index is 0.0163. The lowest BCUT2D eigenvalue weighted by atomic mass is 10.2. The Balaban J connectivity index is 2.04. The highest BCUT2D eigenvalue weighted by atomic mass is 79.9. The molecule has 110 valence electrons. The van der Waals surface area contributed by atoms with Gasteiger partial charge in [0, 0.05) is 11.0 Å². The third-order valence-electron chi connectivity index (χ3n) is 2.61. The molecule has 21 heavy (non-hydrogen) atoms. The van der Waals surface area contributed by atoms with Gasteiger partial charge < -0.3 is 9.73 Å². The highest BCUT2D eigenvalue weighted by molar-refractivity contribution is 9.10. The van der Waals surface area contributed by atoms with Crippen LogP contribution < -0.4 is 10.6 Å². The van der Waals surface area contributed by atoms with Gasteiger partial charge in [-0.2, -0.15) is 4.98 Å². The molecule has 0 unspecified atom stereocenters. The first-order chi connectivity index (χ1) is 10.1. The van der Waals surface area contributed by atoms with Crippen LogP contribution in [0.15, 0.2) is 39.4 Å². The molecule has 2 aromatic rings. The fourth-order valence-corrected chi connectivity index (χ4v) is 2.04. The van der Waals surface area contributed by atoms with Gasteiger partial charge in [0.15, 0.2) is 5.69 Å². The SMILES string of the molecule is CCCNC(=O)c1coc(NC(=O)c2ccccc2Br)n1. The molecule has 0 saturated carbocycles. The number of amides is 2. The summed E-state index contributed by atoms with van der Waals surface area (Å²) in [6, 6.07) is 6.96. The zero-order chi connectivity index (χ0) is 15.2. The van der Waals surface area contributed by atoms with Crippen LogP contribution in [0.25, 0.3) is 0 Å². The van der Waals surface area contributed by atoms with Gasteiger partial charge in [-0.25, -0.2) is 0 Å². The van der Waals surface area contributed by atoms with E-state index in [2.05, 4.69) is 31.5 Å². The van der Waals surface area contributed by atoms with Gasteiger partial charge in [0.25, 0.3) is 11.8 Å². The lowest BCUT2D eigenvalue weighted by Gasteiger charge is -2.02. The van der Waals surface area contributed by atoms with Gasteiger partial charge in [-0.3, -0.25) is 14.9 Å². The molecule has 0 spiro atoms. The van der Waals surface area contributed by atoms with Gasteiger partial charge in [-0.05, 0) is 34.5 Å². The van der Waals surface area contributed by atoms with E-state index in [4.69, 9.17) is 4.42 Å². The van der Waals surface area contributed by atoms with E-state index < -0.39 is 0 Å². The third kappa shape index (κ3) is 3.91. The molecule has 7 heteroatoms. The van der Waals surface area contributed by atoms with Gasteiger partial charge in [0.05, 0.1) is 5.56 Å². The van der Waals surface area contributed by atoms with Crippen molar-refractivity contribution in [3.05, 3.63) is 46.3 Å². The second-order valence-corrected chi connectivity index (χ2v) is 5.08. The van der Waals surface area contributed by atoms with Crippen molar-refractivity contribution in [2.75, 3.05) is 11.9 Å². The van der Waals surface area contributed by atoms with Crippen LogP contribution in [0.1, 0.15) is 34.2 Å². The summed E-state index contributed by atoms with van der Waals surface area (Å²) in [6.07, 6.45) is 2.04. The molecule has 0 atom stereocenters. The molecule has 1 aromatic heterocycles. The summed E-state index contributed by atoms with van der Waals surface area (Å²) in [6.45, 7) is 2.51. The Morgan fingerprint density at radius 3 is 2.76 bits per heavy atom. The maximum absolute atomic E-state index is 12.0. The van der Waals surface area contributed by atoms with Crippen molar-refractivity contribution in [3.63, 3.8) is 0 Å². The van der Waals surface area contributed by atoms with E-state index >= 15 is 0 Å². The molecule has 2 amide bonds. The van der Waals surface area contributed by atoms with Crippen molar-refractivity contribution >= 4 is 33.8 Å². The molecule has 6 nitrogen and oxygen atoms in total. The van der Waals surface area contributed by atoms with Gasteiger partial charge in [0.2, 0.25) is 0 Å². The number of hydrogen-bond acceptors (Lipinski definition) is 4. The molecule has 1 heterocycles. The molecule has 0 bridgehead atoms. The number of oxazole rings is 1. The lowest BCUT2D eigenvalue weighted by Crippen LogP contribution is -2.24. The summed E-state index contributed by atoms with van der Waals surface area (Å²) in [5, 5.41) is 5.18. The molecule has 2 rings (SSSR count). The normalized spacial score (nSPS) is 10.2. The number of nitrogens with zero attached hydrogens (tertiary/aromatic N) is 1. The first-order valence-corrected chi connectivity index (χ1v) is 7.20. The average molecular weight is 352 g/mol. The van der Waals surface area contributed by atoms with Crippen LogP contribution in [-0.4, -0.2) is 23.3 Å². The molecule has 2 N–H and O–H groups in total. The molecule has 0 aliphatic heterocycles. The zero-order valence-corrected chi connectivity index (χ0v) is 12.9. The Hall–Kier alpha value is -2.15. The summed E-state index contributed by atoms with van der Waals surface area (Å²) < 4.78 is 5.74. The first kappa shape index (κ1) is 15.2. The zero-order valence-electron chi connectivity index (χ0n) is 11.4. The average Bonchev–Trinajstić information content (AvgIpc) is 2.93. The predicted octanol–water partition coefficient (Wildman–Crippen LogP) is 2.83. The highest BCUT2D eigenvalue weighted by Gasteiger charge is 2.15. The maximum Gasteiger partial charge on any atom is 0.302 e. The van der Waals surface area contributed by atoms with Crippen LogP contribution >= 0.6 is 15.9 Å². The van der Waals surface area contributed by atoms with E-state index in [1.54, 1.807) is 18.2 Å². The fraction of sp³-hybridized carbons (Fsp3) is 0.214. The Labute approximate surface area is 130 Å². The molecule has 0 aliphatic carbocycles. The van der Waals surface area contributed by atoms with Crippen LogP contribution in [0.3, 0.4) is 0 Å². The van der Waals surface area contributed by atoms with Crippen molar-refractivity contribution in [1.82, 2.24) is 10.3 Å². The Morgan fingerprint density at radius 2 is 2.05 bits per heavy atom. The number of hydrogen-bond donors (Lipinski definition) is 2. The molecule has 0 fully saturated rings. The Bertz CT molecular complexity index is 654. The first-order valence-electron chi connectivity index (χ1n) is 6.41. The highest BCUT2D eigenvalue weighted by Crippen LogP contribution is 2.17. The number of halogens is 1. The van der Waals surface area contributed by atoms with E-state index in [0.717, 1.165) is 6.42 Å². The minimum Gasteiger partial charge on any atom is -0.431 e. The Morgan fingerprint density at radius 1 is 1.29 bits per heavy atom. The van der Waals surface area contributed by atoms with Crippen molar-refractivity contribution < 1.29 is 14.0 Å². The molecule has 0 radical (unpaired) electrons. The van der Waals surface area contributed by atoms with Crippen molar-refractivity contribution in [2.45, 2.75) is 13.3 Å². The van der Waals surface area contributed by atoms with E-state index in [1.807, 2.05) is 13.0 Å². The van der Waals surface area contributed by atoms with Crippen molar-refractivity contribution in [3.8, 4) is 0 Å². The summed E-state index contributed by atoms with van der Waals surface area (Å²) in [7, 11) is 0. The van der Waals surface area contributed by atoms with E-state index in [1.165, 1.54) is 6.26 Å². The smallest absolute Gasteiger partial charge is 0.302 e. The van der Waals surface area contributed by atoms with Gasteiger partial charge in [-0.1, -0.05) is 19.1 Å². The Kier molecular flexibility index (Phi) is 5.10. The number of rotatable bonds is 5. The number of benzene rings is 1. The van der Waals surface area contributed by atoms with E-state index in [0.29, 0.717) is 16.6 Å². The van der Waals surface area contributed by atoms with Crippen molar-refractivity contribution in [2.24, 2.45) is 0 Å². The number of anilines is 1. The summed E-state index contributed by atoms with van der Waals surface area (Å²) in [4.78, 5) is 27.6. The summed E-state index contributed by atoms with van der Waals surface area (Å²) in [5.74, 6) is -0.702. The number of carbonyl (C=O) groups excluding carboxylic acids is 2. The van der Waals surface area contributed by atoms with E-state index in [-0.39, 0.29) is 23.5 Å². The maximum atomic E-state index is 12.0. The standard InChI is InChI=1S/C14H14BrN3O3/c1-2-7-16-13(20)11-8-21-14(17-11)18-12(19)9-5-3-4-6-10(9)15/h3-6,8H,2,7H2,1H3,(H,16,20)(H,17,18,19). The molecule has 0 saturated heterocycles. The largest absolute Gasteiger partial charge is 0.431 e. The molecular weight excluding hydrogens is 338 g/mol. The van der Waals surface area contributed by atoms with Crippen LogP contribution in [0.5, 0.6) is 0 Å². The molecule has 1 aromatic carbocycles. The van der Waals surface area contributed by atoms with Crippen LogP contribution in [0, 0.1) is 0 Å². The number of nitrogens with one attached hydrogen (secondary N) is 2. The van der Waals surface area contributed by atoms with Gasteiger partial charge in [0.1, 0.15) is 6.26 Å². The summed E-state index contributed by atoms with van der Waals surface area (Å²) in [5.41, 5.74) is 0.582. The summed E-state index contributed by atoms with van der Waals surface area (Å²) >= 11 is 3.29. The quantitative estimate of drug-likeness (QED) is 0.867. The monoisotopic (exact) mass is 351 g/mol. The van der Waals surface area contributed by atoms with Crippen LogP contribution in [0.4, 0.5) is 6.01 Å². The second kappa shape index (κ2) is 7.03. The molecule has 0 aliphatic rings. The number of carbonyl (C=O) groups is 2. The van der Waals surface area contributed by atoms with Gasteiger partial charge >= 0.3 is 6.01 Å². The number of aromatic nitrogens is 1. The minimum atomic E-state index is -0.371.